The van der Waals surface area contributed by atoms with Crippen LogP contribution in [0.2, 0.25) is 0 Å². The van der Waals surface area contributed by atoms with Crippen LogP contribution in [-0.4, -0.2) is 21.5 Å². The van der Waals surface area contributed by atoms with Gasteiger partial charge < -0.3 is 10.2 Å². The molecule has 2 atom stereocenters. The highest BCUT2D eigenvalue weighted by Gasteiger charge is 2.52. The molecule has 1 aromatic rings. The number of nitrogens with one attached hydrogen (secondary N) is 1. The fourth-order valence-corrected chi connectivity index (χ4v) is 2.36. The van der Waals surface area contributed by atoms with Crippen LogP contribution in [-0.2, 0) is 0 Å². The minimum Gasteiger partial charge on any atom is -0.384 e. The van der Waals surface area contributed by atoms with Crippen molar-refractivity contribution in [2.45, 2.75) is 37.6 Å². The zero-order valence-electron chi connectivity index (χ0n) is 9.37. The first-order chi connectivity index (χ1) is 7.32. The smallest absolute Gasteiger partial charge is 0.148 e. The van der Waals surface area contributed by atoms with Crippen molar-refractivity contribution >= 4 is 0 Å². The van der Waals surface area contributed by atoms with Crippen LogP contribution in [0.3, 0.4) is 0 Å². The predicted molar refractivity (Wildman–Crippen MR) is 58.1 cm³/mol. The summed E-state index contributed by atoms with van der Waals surface area (Å²) >= 11 is 0. The van der Waals surface area contributed by atoms with Crippen molar-refractivity contribution in [2.24, 2.45) is 0 Å². The molecule has 3 N–H and O–H groups in total. The number of rotatable bonds is 2. The average Bonchev–Trinajstić information content (AvgIpc) is 2.13. The second-order valence-corrected chi connectivity index (χ2v) is 5.07. The van der Waals surface area contributed by atoms with Crippen molar-refractivity contribution in [2.75, 3.05) is 0 Å². The monoisotopic (exact) mass is 225 g/mol. The number of aliphatic hydroxyl groups is 2. The number of aliphatic hydroxyl groups excluding tert-OH is 1. The second-order valence-electron chi connectivity index (χ2n) is 5.07. The molecule has 0 aliphatic carbocycles. The summed E-state index contributed by atoms with van der Waals surface area (Å²) in [5.41, 5.74) is -1.16. The molecule has 1 fully saturated rings. The Hall–Kier alpha value is -0.970. The Labute approximate surface area is 93.9 Å². The maximum absolute atomic E-state index is 13.0. The van der Waals surface area contributed by atoms with Gasteiger partial charge in [0.15, 0.2) is 0 Å². The zero-order valence-corrected chi connectivity index (χ0v) is 9.37. The Morgan fingerprint density at radius 2 is 2.06 bits per heavy atom. The summed E-state index contributed by atoms with van der Waals surface area (Å²) < 4.78 is 13.0. The molecular weight excluding hydrogens is 209 g/mol. The molecule has 1 aromatic carbocycles. The lowest BCUT2D eigenvalue weighted by atomic mass is 9.77. The fraction of sp³-hybridized carbons (Fsp3) is 0.500. The Morgan fingerprint density at radius 1 is 1.44 bits per heavy atom. The third-order valence-electron chi connectivity index (χ3n) is 2.88. The normalized spacial score (nSPS) is 29.6. The van der Waals surface area contributed by atoms with Crippen molar-refractivity contribution in [1.82, 2.24) is 5.32 Å². The van der Waals surface area contributed by atoms with E-state index < -0.39 is 17.6 Å². The summed E-state index contributed by atoms with van der Waals surface area (Å²) in [5, 5.41) is 22.9. The van der Waals surface area contributed by atoms with Crippen LogP contribution in [0.25, 0.3) is 0 Å². The highest BCUT2D eigenvalue weighted by molar-refractivity contribution is 5.23. The molecule has 1 aliphatic rings. The van der Waals surface area contributed by atoms with E-state index in [9.17, 15) is 14.6 Å². The fourth-order valence-electron chi connectivity index (χ4n) is 2.36. The molecule has 1 heterocycles. The number of halogens is 1. The van der Waals surface area contributed by atoms with Gasteiger partial charge in [-0.3, -0.25) is 5.32 Å². The van der Waals surface area contributed by atoms with Gasteiger partial charge in [0, 0.05) is 12.0 Å². The lowest BCUT2D eigenvalue weighted by Gasteiger charge is -2.53. The molecule has 1 saturated heterocycles. The Kier molecular flexibility index (Phi) is 2.53. The highest BCUT2D eigenvalue weighted by Crippen LogP contribution is 2.39. The van der Waals surface area contributed by atoms with E-state index in [0.717, 1.165) is 0 Å². The number of hydrogen-bond acceptors (Lipinski definition) is 3. The third-order valence-corrected chi connectivity index (χ3v) is 2.88. The van der Waals surface area contributed by atoms with Gasteiger partial charge in [0.2, 0.25) is 0 Å². The van der Waals surface area contributed by atoms with Crippen molar-refractivity contribution in [3.05, 3.63) is 35.6 Å². The lowest BCUT2D eigenvalue weighted by Crippen LogP contribution is -2.71. The van der Waals surface area contributed by atoms with Gasteiger partial charge in [-0.05, 0) is 31.5 Å². The first-order valence-corrected chi connectivity index (χ1v) is 5.28. The minimum absolute atomic E-state index is 0.191. The van der Waals surface area contributed by atoms with Crippen LogP contribution in [0.4, 0.5) is 4.39 Å². The van der Waals surface area contributed by atoms with E-state index in [1.165, 1.54) is 18.2 Å². The molecule has 0 aromatic heterocycles. The van der Waals surface area contributed by atoms with Gasteiger partial charge in [-0.1, -0.05) is 12.1 Å². The summed E-state index contributed by atoms with van der Waals surface area (Å²) in [6.07, 6.45) is -0.686. The molecule has 3 nitrogen and oxygen atoms in total. The van der Waals surface area contributed by atoms with Crippen LogP contribution in [0.1, 0.15) is 31.9 Å². The van der Waals surface area contributed by atoms with Crippen LogP contribution in [0, 0.1) is 5.82 Å². The average molecular weight is 225 g/mol. The van der Waals surface area contributed by atoms with Gasteiger partial charge in [0.1, 0.15) is 17.6 Å². The molecule has 0 radical (unpaired) electrons. The summed E-state index contributed by atoms with van der Waals surface area (Å²) in [6, 6.07) is 5.65. The van der Waals surface area contributed by atoms with Crippen molar-refractivity contribution < 1.29 is 14.6 Å². The summed E-state index contributed by atoms with van der Waals surface area (Å²) in [4.78, 5) is 0. The maximum atomic E-state index is 13.0. The number of hydrogen-bond donors (Lipinski definition) is 3. The summed E-state index contributed by atoms with van der Waals surface area (Å²) in [5.74, 6) is -0.418. The molecule has 4 heteroatoms. The molecule has 0 unspecified atom stereocenters. The van der Waals surface area contributed by atoms with Gasteiger partial charge in [0.05, 0.1) is 0 Å². The first-order valence-electron chi connectivity index (χ1n) is 5.28. The van der Waals surface area contributed by atoms with Gasteiger partial charge in [0.25, 0.3) is 0 Å². The van der Waals surface area contributed by atoms with Gasteiger partial charge >= 0.3 is 0 Å². The van der Waals surface area contributed by atoms with E-state index in [4.69, 9.17) is 0 Å². The molecule has 2 rings (SSSR count). The molecule has 0 spiro atoms. The topological polar surface area (TPSA) is 52.5 Å². The molecular formula is C12H16FNO2. The van der Waals surface area contributed by atoms with Crippen LogP contribution < -0.4 is 5.32 Å². The van der Waals surface area contributed by atoms with Gasteiger partial charge in [-0.15, -0.1) is 0 Å². The zero-order chi connectivity index (χ0) is 12.0. The van der Waals surface area contributed by atoms with Crippen molar-refractivity contribution in [3.63, 3.8) is 0 Å². The van der Waals surface area contributed by atoms with Crippen LogP contribution in [0.5, 0.6) is 0 Å². The van der Waals surface area contributed by atoms with Crippen molar-refractivity contribution in [1.29, 1.82) is 0 Å². The quantitative estimate of drug-likeness (QED) is 0.711. The molecule has 88 valence electrons. The number of benzene rings is 1. The minimum atomic E-state index is -1.35. The largest absolute Gasteiger partial charge is 0.384 e. The van der Waals surface area contributed by atoms with Gasteiger partial charge in [-0.2, -0.15) is 0 Å². The van der Waals surface area contributed by atoms with Crippen molar-refractivity contribution in [3.8, 4) is 0 Å². The summed E-state index contributed by atoms with van der Waals surface area (Å²) in [7, 11) is 0. The summed E-state index contributed by atoms with van der Waals surface area (Å²) in [6.45, 7) is 3.86. The van der Waals surface area contributed by atoms with E-state index in [1.54, 1.807) is 6.07 Å². The SMILES string of the molecule is CC1(C)C[C@](O)([C@H](O)c2cccc(F)c2)N1. The second kappa shape index (κ2) is 3.52. The maximum Gasteiger partial charge on any atom is 0.148 e. The Bertz CT molecular complexity index is 398. The van der Waals surface area contributed by atoms with E-state index in [1.807, 2.05) is 13.8 Å². The Morgan fingerprint density at radius 3 is 2.56 bits per heavy atom. The van der Waals surface area contributed by atoms with Crippen LogP contribution in [0.15, 0.2) is 24.3 Å². The van der Waals surface area contributed by atoms with E-state index in [0.29, 0.717) is 12.0 Å². The van der Waals surface area contributed by atoms with Crippen LogP contribution >= 0.6 is 0 Å². The predicted octanol–water partition coefficient (Wildman–Crippen LogP) is 1.32. The molecule has 1 aliphatic heterocycles. The standard InChI is InChI=1S/C12H16FNO2/c1-11(2)7-12(16,14-11)10(15)8-4-3-5-9(13)6-8/h3-6,10,14-16H,7H2,1-2H3/t10-,12+/m1/s1. The molecule has 0 amide bonds. The third kappa shape index (κ3) is 1.96. The lowest BCUT2D eigenvalue weighted by molar-refractivity contribution is -0.186. The van der Waals surface area contributed by atoms with Gasteiger partial charge in [-0.25, -0.2) is 4.39 Å². The Balaban J connectivity index is 2.17. The van der Waals surface area contributed by atoms with E-state index >= 15 is 0 Å². The molecule has 0 bridgehead atoms. The molecule has 0 saturated carbocycles. The highest BCUT2D eigenvalue weighted by atomic mass is 19.1. The molecule has 16 heavy (non-hydrogen) atoms. The van der Waals surface area contributed by atoms with E-state index in [-0.39, 0.29) is 5.54 Å². The first kappa shape index (κ1) is 11.5. The van der Waals surface area contributed by atoms with E-state index in [2.05, 4.69) is 5.32 Å².